The van der Waals surface area contributed by atoms with E-state index in [9.17, 15) is 4.79 Å². The molecule has 1 heterocycles. The Morgan fingerprint density at radius 1 is 1.12 bits per heavy atom. The molecule has 0 unspecified atom stereocenters. The van der Waals surface area contributed by atoms with E-state index in [2.05, 4.69) is 22.2 Å². The first kappa shape index (κ1) is 17.8. The maximum atomic E-state index is 11.8. The Morgan fingerprint density at radius 2 is 1.75 bits per heavy atom. The Balaban J connectivity index is 1.88. The van der Waals surface area contributed by atoms with E-state index in [1.807, 2.05) is 69.6 Å². The van der Waals surface area contributed by atoms with Crippen LogP contribution in [0.5, 0.6) is 0 Å². The molecule has 128 valence electrons. The number of anilines is 2. The first-order valence-electron chi connectivity index (χ1n) is 8.03. The molecule has 0 fully saturated rings. The van der Waals surface area contributed by atoms with Gasteiger partial charge in [0, 0.05) is 37.4 Å². The zero-order valence-corrected chi connectivity index (χ0v) is 14.7. The van der Waals surface area contributed by atoms with Crippen molar-refractivity contribution in [2.45, 2.75) is 32.8 Å². The van der Waals surface area contributed by atoms with Gasteiger partial charge in [0.25, 0.3) is 0 Å². The van der Waals surface area contributed by atoms with Gasteiger partial charge in [0.05, 0.1) is 0 Å². The van der Waals surface area contributed by atoms with Gasteiger partial charge < -0.3 is 9.64 Å². The van der Waals surface area contributed by atoms with E-state index < -0.39 is 11.7 Å². The number of hydrogen-bond acceptors (Lipinski definition) is 4. The van der Waals surface area contributed by atoms with Crippen LogP contribution >= 0.6 is 0 Å². The molecule has 5 heteroatoms. The minimum absolute atomic E-state index is 0.443. The van der Waals surface area contributed by atoms with Gasteiger partial charge in [0.2, 0.25) is 0 Å². The Hall–Kier alpha value is -2.56. The number of pyridine rings is 1. The summed E-state index contributed by atoms with van der Waals surface area (Å²) < 4.78 is 5.24. The smallest absolute Gasteiger partial charge is 0.412 e. The van der Waals surface area contributed by atoms with Crippen LogP contribution in [0.1, 0.15) is 26.3 Å². The summed E-state index contributed by atoms with van der Waals surface area (Å²) in [5, 5.41) is 2.74. The van der Waals surface area contributed by atoms with Crippen molar-refractivity contribution in [1.82, 2.24) is 4.98 Å². The number of likely N-dealkylation sites (N-methyl/N-ethyl adjacent to an activating group) is 1. The molecule has 0 bridgehead atoms. The maximum absolute atomic E-state index is 11.8. The van der Waals surface area contributed by atoms with Crippen LogP contribution in [-0.4, -0.2) is 30.3 Å². The minimum Gasteiger partial charge on any atom is -0.444 e. The van der Waals surface area contributed by atoms with Gasteiger partial charge in [-0.3, -0.25) is 10.3 Å². The molecule has 1 aromatic carbocycles. The molecular formula is C19H25N3O2. The van der Waals surface area contributed by atoms with Crippen LogP contribution in [0.15, 0.2) is 48.8 Å². The second-order valence-corrected chi connectivity index (χ2v) is 6.70. The van der Waals surface area contributed by atoms with Crippen LogP contribution < -0.4 is 10.2 Å². The highest BCUT2D eigenvalue weighted by Gasteiger charge is 2.16. The van der Waals surface area contributed by atoms with Gasteiger partial charge in [-0.15, -0.1) is 0 Å². The summed E-state index contributed by atoms with van der Waals surface area (Å²) in [5.41, 5.74) is 2.58. The number of benzene rings is 1. The molecule has 0 saturated heterocycles. The quantitative estimate of drug-likeness (QED) is 0.898. The van der Waals surface area contributed by atoms with Gasteiger partial charge in [0.1, 0.15) is 5.60 Å². The molecule has 2 rings (SSSR count). The monoisotopic (exact) mass is 327 g/mol. The fraction of sp³-hybridized carbons (Fsp3) is 0.368. The standard InChI is InChI=1S/C19H25N3O2/c1-19(2,3)24-18(23)21-16-5-7-17(8-6-16)22(4)14-11-15-9-12-20-13-10-15/h5-10,12-13H,11,14H2,1-4H3,(H,21,23). The number of ether oxygens (including phenoxy) is 1. The second-order valence-electron chi connectivity index (χ2n) is 6.70. The lowest BCUT2D eigenvalue weighted by Gasteiger charge is -2.21. The molecule has 0 atom stereocenters. The Labute approximate surface area is 143 Å². The molecule has 0 radical (unpaired) electrons. The van der Waals surface area contributed by atoms with Crippen molar-refractivity contribution in [3.05, 3.63) is 54.4 Å². The molecule has 1 amide bonds. The second kappa shape index (κ2) is 7.81. The van der Waals surface area contributed by atoms with Crippen molar-refractivity contribution in [1.29, 1.82) is 0 Å². The van der Waals surface area contributed by atoms with Crippen molar-refractivity contribution in [2.24, 2.45) is 0 Å². The Kier molecular flexibility index (Phi) is 5.79. The SMILES string of the molecule is CN(CCc1ccncc1)c1ccc(NC(=O)OC(C)(C)C)cc1. The zero-order valence-electron chi connectivity index (χ0n) is 14.7. The van der Waals surface area contributed by atoms with E-state index >= 15 is 0 Å². The Bertz CT molecular complexity index is 649. The lowest BCUT2D eigenvalue weighted by Crippen LogP contribution is -2.27. The first-order valence-corrected chi connectivity index (χ1v) is 8.03. The van der Waals surface area contributed by atoms with Crippen molar-refractivity contribution in [2.75, 3.05) is 23.8 Å². The van der Waals surface area contributed by atoms with E-state index in [-0.39, 0.29) is 0 Å². The Morgan fingerprint density at radius 3 is 2.33 bits per heavy atom. The number of nitrogens with one attached hydrogen (secondary N) is 1. The maximum Gasteiger partial charge on any atom is 0.412 e. The van der Waals surface area contributed by atoms with E-state index in [4.69, 9.17) is 4.74 Å². The van der Waals surface area contributed by atoms with Crippen LogP contribution in [0.3, 0.4) is 0 Å². The predicted molar refractivity (Wildman–Crippen MR) is 97.5 cm³/mol. The summed E-state index contributed by atoms with van der Waals surface area (Å²) in [4.78, 5) is 18.0. The normalized spacial score (nSPS) is 11.0. The molecule has 0 spiro atoms. The minimum atomic E-state index is -0.503. The van der Waals surface area contributed by atoms with Gasteiger partial charge in [-0.05, 0) is 69.2 Å². The fourth-order valence-electron chi connectivity index (χ4n) is 2.20. The van der Waals surface area contributed by atoms with Crippen molar-refractivity contribution < 1.29 is 9.53 Å². The number of hydrogen-bond donors (Lipinski definition) is 1. The highest BCUT2D eigenvalue weighted by atomic mass is 16.6. The van der Waals surface area contributed by atoms with Gasteiger partial charge in [0.15, 0.2) is 0 Å². The van der Waals surface area contributed by atoms with E-state index in [0.717, 1.165) is 24.3 Å². The van der Waals surface area contributed by atoms with E-state index in [1.165, 1.54) is 5.56 Å². The molecule has 0 saturated carbocycles. The van der Waals surface area contributed by atoms with Crippen molar-refractivity contribution in [3.8, 4) is 0 Å². The summed E-state index contributed by atoms with van der Waals surface area (Å²) >= 11 is 0. The predicted octanol–water partition coefficient (Wildman–Crippen LogP) is 4.11. The zero-order chi connectivity index (χ0) is 17.6. The molecule has 5 nitrogen and oxygen atoms in total. The fourth-order valence-corrected chi connectivity index (χ4v) is 2.20. The van der Waals surface area contributed by atoms with Crippen LogP contribution in [0, 0.1) is 0 Å². The molecule has 1 aromatic heterocycles. The average Bonchev–Trinajstić information content (AvgIpc) is 2.52. The average molecular weight is 327 g/mol. The molecule has 0 aliphatic carbocycles. The van der Waals surface area contributed by atoms with Crippen LogP contribution in [0.25, 0.3) is 0 Å². The van der Waals surface area contributed by atoms with Gasteiger partial charge >= 0.3 is 6.09 Å². The third-order valence-electron chi connectivity index (χ3n) is 3.44. The van der Waals surface area contributed by atoms with Crippen LogP contribution in [0.2, 0.25) is 0 Å². The third kappa shape index (κ3) is 5.91. The number of nitrogens with zero attached hydrogens (tertiary/aromatic N) is 2. The number of amides is 1. The summed E-state index contributed by atoms with van der Waals surface area (Å²) in [7, 11) is 2.05. The number of aromatic nitrogens is 1. The van der Waals surface area contributed by atoms with E-state index in [0.29, 0.717) is 0 Å². The van der Waals surface area contributed by atoms with Gasteiger partial charge in [-0.1, -0.05) is 0 Å². The topological polar surface area (TPSA) is 54.5 Å². The summed E-state index contributed by atoms with van der Waals surface area (Å²) in [5.74, 6) is 0. The van der Waals surface area contributed by atoms with Gasteiger partial charge in [-0.25, -0.2) is 4.79 Å². The highest BCUT2D eigenvalue weighted by molar-refractivity contribution is 5.85. The molecule has 24 heavy (non-hydrogen) atoms. The third-order valence-corrected chi connectivity index (χ3v) is 3.44. The largest absolute Gasteiger partial charge is 0.444 e. The molecule has 2 aromatic rings. The summed E-state index contributed by atoms with van der Waals surface area (Å²) in [6.07, 6.45) is 4.14. The molecule has 0 aliphatic heterocycles. The van der Waals surface area contributed by atoms with Crippen molar-refractivity contribution in [3.63, 3.8) is 0 Å². The highest BCUT2D eigenvalue weighted by Crippen LogP contribution is 2.18. The number of rotatable bonds is 5. The first-order chi connectivity index (χ1) is 11.3. The lowest BCUT2D eigenvalue weighted by atomic mass is 10.2. The van der Waals surface area contributed by atoms with Crippen LogP contribution in [-0.2, 0) is 11.2 Å². The molecule has 1 N–H and O–H groups in total. The van der Waals surface area contributed by atoms with Crippen LogP contribution in [0.4, 0.5) is 16.2 Å². The molecular weight excluding hydrogens is 302 g/mol. The van der Waals surface area contributed by atoms with E-state index in [1.54, 1.807) is 0 Å². The summed E-state index contributed by atoms with van der Waals surface area (Å²) in [6.45, 7) is 6.43. The van der Waals surface area contributed by atoms with Crippen molar-refractivity contribution >= 4 is 17.5 Å². The van der Waals surface area contributed by atoms with Gasteiger partial charge in [-0.2, -0.15) is 0 Å². The summed E-state index contributed by atoms with van der Waals surface area (Å²) in [6, 6.07) is 11.8. The lowest BCUT2D eigenvalue weighted by molar-refractivity contribution is 0.0636. The number of carbonyl (C=O) groups is 1. The number of carbonyl (C=O) groups excluding carboxylic acids is 1. The molecule has 0 aliphatic rings.